The Morgan fingerprint density at radius 3 is 2.94 bits per heavy atom. The third kappa shape index (κ3) is 2.17. The van der Waals surface area contributed by atoms with E-state index in [9.17, 15) is 9.90 Å². The van der Waals surface area contributed by atoms with Crippen molar-refractivity contribution in [2.24, 2.45) is 0 Å². The van der Waals surface area contributed by atoms with E-state index < -0.39 is 0 Å². The van der Waals surface area contributed by atoms with Crippen LogP contribution in [0.5, 0.6) is 17.2 Å². The number of benzene rings is 1. The Bertz CT molecular complexity index is 445. The van der Waals surface area contributed by atoms with Gasteiger partial charge in [0.1, 0.15) is 25.2 Å². The molecular weight excluding hydrogens is 244 g/mol. The normalized spacial score (nSPS) is 15.4. The molecule has 0 aliphatic carbocycles. The Balaban J connectivity index is 2.54. The highest BCUT2D eigenvalue weighted by Gasteiger charge is 2.25. The first-order valence-corrected chi connectivity index (χ1v) is 5.77. The number of phenols is 1. The zero-order chi connectivity index (χ0) is 12.4. The van der Waals surface area contributed by atoms with Gasteiger partial charge >= 0.3 is 0 Å². The fourth-order valence-corrected chi connectivity index (χ4v) is 2.09. The third-order valence-electron chi connectivity index (χ3n) is 2.74. The van der Waals surface area contributed by atoms with Crippen LogP contribution < -0.4 is 9.47 Å². The number of halogens is 1. The molecule has 0 saturated carbocycles. The van der Waals surface area contributed by atoms with Crippen LogP contribution in [0.15, 0.2) is 6.07 Å². The van der Waals surface area contributed by atoms with Crippen LogP contribution in [0.4, 0.5) is 0 Å². The van der Waals surface area contributed by atoms with Crippen LogP contribution in [0, 0.1) is 0 Å². The van der Waals surface area contributed by atoms with Crippen molar-refractivity contribution in [3.8, 4) is 17.2 Å². The van der Waals surface area contributed by atoms with Gasteiger partial charge in [-0.15, -0.1) is 0 Å². The second-order valence-electron chi connectivity index (χ2n) is 3.95. The Morgan fingerprint density at radius 1 is 1.53 bits per heavy atom. The van der Waals surface area contributed by atoms with Gasteiger partial charge in [0.15, 0.2) is 11.5 Å². The minimum Gasteiger partial charge on any atom is -0.506 e. The second kappa shape index (κ2) is 4.84. The summed E-state index contributed by atoms with van der Waals surface area (Å²) in [6.07, 6.45) is 1.10. The second-order valence-corrected chi connectivity index (χ2v) is 4.36. The van der Waals surface area contributed by atoms with Gasteiger partial charge in [0, 0.05) is 18.1 Å². The summed E-state index contributed by atoms with van der Waals surface area (Å²) in [4.78, 5) is 10.6. The van der Waals surface area contributed by atoms with E-state index in [-0.39, 0.29) is 16.7 Å². The molecule has 0 spiro atoms. The maximum Gasteiger partial charge on any atom is 0.168 e. The summed E-state index contributed by atoms with van der Waals surface area (Å²) in [5.41, 5.74) is 0.541. The molecule has 17 heavy (non-hydrogen) atoms. The van der Waals surface area contributed by atoms with Crippen LogP contribution in [0.2, 0.25) is 5.02 Å². The van der Waals surface area contributed by atoms with E-state index in [1.54, 1.807) is 0 Å². The first kappa shape index (κ1) is 12.0. The molecule has 0 fully saturated rings. The first-order chi connectivity index (χ1) is 8.15. The molecule has 1 aromatic rings. The van der Waals surface area contributed by atoms with E-state index in [1.807, 2.05) is 6.92 Å². The number of carbonyl (C=O) groups is 1. The zero-order valence-corrected chi connectivity index (χ0v) is 10.2. The SMILES string of the molecule is CC(CC=O)c1c(O)c(Cl)cc2c1OCCO2. The number of fused-ring (bicyclic) bond motifs is 1. The summed E-state index contributed by atoms with van der Waals surface area (Å²) < 4.78 is 10.9. The molecule has 5 heteroatoms. The Morgan fingerprint density at radius 2 is 2.24 bits per heavy atom. The number of carbonyl (C=O) groups excluding carboxylic acids is 1. The largest absolute Gasteiger partial charge is 0.506 e. The number of hydrogen-bond acceptors (Lipinski definition) is 4. The molecule has 1 aliphatic rings. The van der Waals surface area contributed by atoms with E-state index in [1.165, 1.54) is 6.07 Å². The van der Waals surface area contributed by atoms with Gasteiger partial charge in [-0.3, -0.25) is 0 Å². The maximum atomic E-state index is 10.6. The van der Waals surface area contributed by atoms with Gasteiger partial charge in [-0.05, 0) is 5.92 Å². The zero-order valence-electron chi connectivity index (χ0n) is 9.40. The van der Waals surface area contributed by atoms with Gasteiger partial charge in [0.25, 0.3) is 0 Å². The number of hydrogen-bond donors (Lipinski definition) is 1. The van der Waals surface area contributed by atoms with Crippen molar-refractivity contribution in [2.75, 3.05) is 13.2 Å². The molecule has 2 rings (SSSR count). The number of phenolic OH excluding ortho intramolecular Hbond substituents is 1. The van der Waals surface area contributed by atoms with Gasteiger partial charge in [0.05, 0.1) is 5.02 Å². The number of ether oxygens (including phenoxy) is 2. The predicted molar refractivity (Wildman–Crippen MR) is 63.2 cm³/mol. The highest BCUT2D eigenvalue weighted by atomic mass is 35.5. The third-order valence-corrected chi connectivity index (χ3v) is 3.03. The lowest BCUT2D eigenvalue weighted by atomic mass is 9.95. The smallest absolute Gasteiger partial charge is 0.168 e. The lowest BCUT2D eigenvalue weighted by molar-refractivity contribution is -0.108. The standard InChI is InChI=1S/C12H13ClO4/c1-7(2-3-14)10-11(15)8(13)6-9-12(10)17-5-4-16-9/h3,6-7,15H,2,4-5H2,1H3. The molecule has 0 amide bonds. The molecular formula is C12H13ClO4. The summed E-state index contributed by atoms with van der Waals surface area (Å²) in [5, 5.41) is 10.2. The van der Waals surface area contributed by atoms with Crippen molar-refractivity contribution < 1.29 is 19.4 Å². The van der Waals surface area contributed by atoms with Crippen molar-refractivity contribution in [3.05, 3.63) is 16.7 Å². The van der Waals surface area contributed by atoms with Gasteiger partial charge in [0.2, 0.25) is 0 Å². The minimum atomic E-state index is -0.165. The molecule has 1 heterocycles. The predicted octanol–water partition coefficient (Wildman–Crippen LogP) is 2.51. The van der Waals surface area contributed by atoms with Crippen molar-refractivity contribution in [1.29, 1.82) is 0 Å². The highest BCUT2D eigenvalue weighted by Crippen LogP contribution is 2.47. The topological polar surface area (TPSA) is 55.8 Å². The molecule has 4 nitrogen and oxygen atoms in total. The van der Waals surface area contributed by atoms with Gasteiger partial charge < -0.3 is 19.4 Å². The summed E-state index contributed by atoms with van der Waals surface area (Å²) in [7, 11) is 0. The number of aldehydes is 1. The minimum absolute atomic E-state index is 0.0368. The van der Waals surface area contributed by atoms with Crippen LogP contribution in [0.3, 0.4) is 0 Å². The van der Waals surface area contributed by atoms with Crippen molar-refractivity contribution in [3.63, 3.8) is 0 Å². The van der Waals surface area contributed by atoms with Crippen LogP contribution in [-0.4, -0.2) is 24.6 Å². The monoisotopic (exact) mass is 256 g/mol. The molecule has 1 aliphatic heterocycles. The molecule has 0 saturated heterocycles. The number of rotatable bonds is 3. The number of aromatic hydroxyl groups is 1. The van der Waals surface area contributed by atoms with E-state index in [2.05, 4.69) is 0 Å². The average Bonchev–Trinajstić information content (AvgIpc) is 2.31. The van der Waals surface area contributed by atoms with Crippen molar-refractivity contribution in [1.82, 2.24) is 0 Å². The van der Waals surface area contributed by atoms with Crippen LogP contribution >= 0.6 is 11.6 Å². The quantitative estimate of drug-likeness (QED) is 0.845. The van der Waals surface area contributed by atoms with E-state index >= 15 is 0 Å². The summed E-state index contributed by atoms with van der Waals surface area (Å²) in [5.74, 6) is 0.811. The van der Waals surface area contributed by atoms with Crippen molar-refractivity contribution in [2.45, 2.75) is 19.3 Å². The van der Waals surface area contributed by atoms with Crippen LogP contribution in [-0.2, 0) is 4.79 Å². The fraction of sp³-hybridized carbons (Fsp3) is 0.417. The average molecular weight is 257 g/mol. The van der Waals surface area contributed by atoms with Gasteiger partial charge in [-0.25, -0.2) is 0 Å². The Hall–Kier alpha value is -1.42. The summed E-state index contributed by atoms with van der Waals surface area (Å²) in [6.45, 7) is 2.71. The summed E-state index contributed by atoms with van der Waals surface area (Å²) in [6, 6.07) is 1.53. The molecule has 0 aromatic heterocycles. The molecule has 92 valence electrons. The van der Waals surface area contributed by atoms with E-state index in [0.717, 1.165) is 6.29 Å². The van der Waals surface area contributed by atoms with E-state index in [0.29, 0.717) is 36.7 Å². The van der Waals surface area contributed by atoms with Crippen LogP contribution in [0.1, 0.15) is 24.8 Å². The first-order valence-electron chi connectivity index (χ1n) is 5.39. The molecule has 1 N–H and O–H groups in total. The van der Waals surface area contributed by atoms with Crippen LogP contribution in [0.25, 0.3) is 0 Å². The summed E-state index contributed by atoms with van der Waals surface area (Å²) >= 11 is 5.92. The van der Waals surface area contributed by atoms with E-state index in [4.69, 9.17) is 21.1 Å². The van der Waals surface area contributed by atoms with Gasteiger partial charge in [-0.1, -0.05) is 18.5 Å². The van der Waals surface area contributed by atoms with Crippen molar-refractivity contribution >= 4 is 17.9 Å². The fourth-order valence-electron chi connectivity index (χ4n) is 1.89. The molecule has 0 bridgehead atoms. The Kier molecular flexibility index (Phi) is 3.43. The lowest BCUT2D eigenvalue weighted by Crippen LogP contribution is -2.17. The Labute approximate surface area is 104 Å². The molecule has 1 aromatic carbocycles. The molecule has 1 unspecified atom stereocenters. The van der Waals surface area contributed by atoms with Gasteiger partial charge in [-0.2, -0.15) is 0 Å². The highest BCUT2D eigenvalue weighted by molar-refractivity contribution is 6.32. The molecule has 0 radical (unpaired) electrons. The molecule has 1 atom stereocenters. The lowest BCUT2D eigenvalue weighted by Gasteiger charge is -2.24. The maximum absolute atomic E-state index is 10.6.